The van der Waals surface area contributed by atoms with Gasteiger partial charge in [0.15, 0.2) is 0 Å². The Hall–Kier alpha value is -2.08. The molecular weight excluding hydrogens is 354 g/mol. The number of rotatable bonds is 5. The van der Waals surface area contributed by atoms with Crippen molar-refractivity contribution in [1.29, 1.82) is 0 Å². The highest BCUT2D eigenvalue weighted by Crippen LogP contribution is 2.29. The molecule has 1 saturated heterocycles. The first-order valence-corrected chi connectivity index (χ1v) is 9.45. The second kappa shape index (κ2) is 8.08. The zero-order valence-electron chi connectivity index (χ0n) is 14.9. The van der Waals surface area contributed by atoms with Crippen molar-refractivity contribution in [3.05, 3.63) is 28.8 Å². The van der Waals surface area contributed by atoms with Crippen molar-refractivity contribution in [3.8, 4) is 0 Å². The fourth-order valence-corrected chi connectivity index (χ4v) is 3.90. The van der Waals surface area contributed by atoms with E-state index >= 15 is 0 Å². The smallest absolute Gasteiger partial charge is 0.243 e. The van der Waals surface area contributed by atoms with Crippen LogP contribution in [0.4, 0.5) is 5.69 Å². The van der Waals surface area contributed by atoms with Gasteiger partial charge in [-0.2, -0.15) is 0 Å². The van der Waals surface area contributed by atoms with Crippen molar-refractivity contribution in [2.75, 3.05) is 18.4 Å². The SMILES string of the molecule is Cc1c(Cl)cccc1NC(=O)CNC(=O)[C@H]1CC(=O)N(C2CCCC2)C1. The van der Waals surface area contributed by atoms with Crippen LogP contribution in [-0.2, 0) is 14.4 Å². The first kappa shape index (κ1) is 18.7. The number of carbonyl (C=O) groups excluding carboxylic acids is 3. The zero-order chi connectivity index (χ0) is 18.7. The summed E-state index contributed by atoms with van der Waals surface area (Å²) in [5.74, 6) is -0.877. The minimum atomic E-state index is -0.371. The Morgan fingerprint density at radius 1 is 1.27 bits per heavy atom. The Kier molecular flexibility index (Phi) is 5.81. The van der Waals surface area contributed by atoms with Crippen molar-refractivity contribution >= 4 is 35.0 Å². The molecule has 140 valence electrons. The lowest BCUT2D eigenvalue weighted by molar-refractivity contribution is -0.130. The monoisotopic (exact) mass is 377 g/mol. The maximum Gasteiger partial charge on any atom is 0.243 e. The minimum Gasteiger partial charge on any atom is -0.347 e. The van der Waals surface area contributed by atoms with Gasteiger partial charge in [-0.1, -0.05) is 30.5 Å². The normalized spacial score (nSPS) is 20.5. The number of halogens is 1. The predicted molar refractivity (Wildman–Crippen MR) is 99.9 cm³/mol. The second-order valence-corrected chi connectivity index (χ2v) is 7.47. The number of nitrogens with zero attached hydrogens (tertiary/aromatic N) is 1. The molecule has 26 heavy (non-hydrogen) atoms. The summed E-state index contributed by atoms with van der Waals surface area (Å²) in [6.45, 7) is 2.15. The molecule has 0 aromatic heterocycles. The third-order valence-corrected chi connectivity index (χ3v) is 5.67. The number of nitrogens with one attached hydrogen (secondary N) is 2. The molecule has 1 aromatic rings. The summed E-state index contributed by atoms with van der Waals surface area (Å²) in [5.41, 5.74) is 1.41. The molecule has 3 amide bonds. The van der Waals surface area contributed by atoms with Crippen LogP contribution in [0.25, 0.3) is 0 Å². The van der Waals surface area contributed by atoms with E-state index < -0.39 is 0 Å². The molecule has 2 N–H and O–H groups in total. The van der Waals surface area contributed by atoms with Crippen molar-refractivity contribution < 1.29 is 14.4 Å². The average Bonchev–Trinajstić information content (AvgIpc) is 3.26. The average molecular weight is 378 g/mol. The number of carbonyl (C=O) groups is 3. The van der Waals surface area contributed by atoms with Crippen molar-refractivity contribution in [2.45, 2.75) is 45.1 Å². The van der Waals surface area contributed by atoms with E-state index in [1.807, 2.05) is 11.8 Å². The lowest BCUT2D eigenvalue weighted by Crippen LogP contribution is -2.39. The van der Waals surface area contributed by atoms with E-state index in [9.17, 15) is 14.4 Å². The fraction of sp³-hybridized carbons (Fsp3) is 0.526. The number of amides is 3. The molecule has 7 heteroatoms. The second-order valence-electron chi connectivity index (χ2n) is 7.06. The van der Waals surface area contributed by atoms with Gasteiger partial charge < -0.3 is 15.5 Å². The van der Waals surface area contributed by atoms with E-state index in [0.717, 1.165) is 31.2 Å². The van der Waals surface area contributed by atoms with Gasteiger partial charge in [-0.15, -0.1) is 0 Å². The summed E-state index contributed by atoms with van der Waals surface area (Å²) in [5, 5.41) is 5.96. The Balaban J connectivity index is 1.48. The number of hydrogen-bond donors (Lipinski definition) is 2. The molecule has 2 aliphatic rings. The molecule has 1 atom stereocenters. The molecule has 1 saturated carbocycles. The third kappa shape index (κ3) is 4.18. The summed E-state index contributed by atoms with van der Waals surface area (Å²) >= 11 is 6.03. The van der Waals surface area contributed by atoms with Gasteiger partial charge in [0, 0.05) is 29.7 Å². The van der Waals surface area contributed by atoms with Crippen molar-refractivity contribution in [1.82, 2.24) is 10.2 Å². The molecule has 0 radical (unpaired) electrons. The molecule has 3 rings (SSSR count). The lowest BCUT2D eigenvalue weighted by Gasteiger charge is -2.23. The number of benzene rings is 1. The van der Waals surface area contributed by atoms with Gasteiger partial charge in [0.2, 0.25) is 17.7 Å². The Labute approximate surface area is 158 Å². The van der Waals surface area contributed by atoms with Crippen LogP contribution in [0.1, 0.15) is 37.7 Å². The molecule has 1 heterocycles. The first-order valence-electron chi connectivity index (χ1n) is 9.08. The van der Waals surface area contributed by atoms with Crippen LogP contribution >= 0.6 is 11.6 Å². The maximum absolute atomic E-state index is 12.3. The topological polar surface area (TPSA) is 78.5 Å². The molecular formula is C19H24ClN3O3. The molecule has 0 bridgehead atoms. The maximum atomic E-state index is 12.3. The minimum absolute atomic E-state index is 0.0519. The quantitative estimate of drug-likeness (QED) is 0.827. The Morgan fingerprint density at radius 3 is 2.73 bits per heavy atom. The van der Waals surface area contributed by atoms with Crippen LogP contribution in [0, 0.1) is 12.8 Å². The predicted octanol–water partition coefficient (Wildman–Crippen LogP) is 2.49. The third-order valence-electron chi connectivity index (χ3n) is 5.26. The fourth-order valence-electron chi connectivity index (χ4n) is 3.73. The highest BCUT2D eigenvalue weighted by molar-refractivity contribution is 6.31. The first-order chi connectivity index (χ1) is 12.5. The molecule has 1 aliphatic heterocycles. The van der Waals surface area contributed by atoms with Crippen LogP contribution in [0.15, 0.2) is 18.2 Å². The van der Waals surface area contributed by atoms with Gasteiger partial charge >= 0.3 is 0 Å². The van der Waals surface area contributed by atoms with E-state index in [1.54, 1.807) is 18.2 Å². The number of anilines is 1. The van der Waals surface area contributed by atoms with Gasteiger partial charge in [0.05, 0.1) is 12.5 Å². The molecule has 1 aromatic carbocycles. The van der Waals surface area contributed by atoms with E-state index in [0.29, 0.717) is 17.3 Å². The van der Waals surface area contributed by atoms with Crippen LogP contribution < -0.4 is 10.6 Å². The van der Waals surface area contributed by atoms with E-state index in [-0.39, 0.29) is 42.6 Å². The Morgan fingerprint density at radius 2 is 2.00 bits per heavy atom. The van der Waals surface area contributed by atoms with Crippen LogP contribution in [-0.4, -0.2) is 41.8 Å². The Bertz CT molecular complexity index is 716. The molecule has 0 spiro atoms. The van der Waals surface area contributed by atoms with Crippen molar-refractivity contribution in [2.24, 2.45) is 5.92 Å². The molecule has 2 fully saturated rings. The van der Waals surface area contributed by atoms with Gasteiger partial charge in [-0.3, -0.25) is 14.4 Å². The highest BCUT2D eigenvalue weighted by atomic mass is 35.5. The van der Waals surface area contributed by atoms with Crippen molar-refractivity contribution in [3.63, 3.8) is 0 Å². The summed E-state index contributed by atoms with van der Waals surface area (Å²) in [6, 6.07) is 5.55. The lowest BCUT2D eigenvalue weighted by atomic mass is 10.1. The largest absolute Gasteiger partial charge is 0.347 e. The number of likely N-dealkylation sites (tertiary alicyclic amines) is 1. The van der Waals surface area contributed by atoms with Gasteiger partial charge in [-0.25, -0.2) is 0 Å². The van der Waals surface area contributed by atoms with Crippen LogP contribution in [0.3, 0.4) is 0 Å². The highest BCUT2D eigenvalue weighted by Gasteiger charge is 2.38. The molecule has 6 nitrogen and oxygen atoms in total. The van der Waals surface area contributed by atoms with Gasteiger partial charge in [0.1, 0.15) is 0 Å². The zero-order valence-corrected chi connectivity index (χ0v) is 15.6. The summed E-state index contributed by atoms with van der Waals surface area (Å²) < 4.78 is 0. The van der Waals surface area contributed by atoms with Crippen LogP contribution in [0.5, 0.6) is 0 Å². The van der Waals surface area contributed by atoms with E-state index in [4.69, 9.17) is 11.6 Å². The van der Waals surface area contributed by atoms with E-state index in [1.165, 1.54) is 0 Å². The summed E-state index contributed by atoms with van der Waals surface area (Å²) in [6.07, 6.45) is 4.59. The van der Waals surface area contributed by atoms with Gasteiger partial charge in [0.25, 0.3) is 0 Å². The van der Waals surface area contributed by atoms with Gasteiger partial charge in [-0.05, 0) is 37.5 Å². The molecule has 0 unspecified atom stereocenters. The summed E-state index contributed by atoms with van der Waals surface area (Å²) in [4.78, 5) is 38.5. The van der Waals surface area contributed by atoms with Crippen LogP contribution in [0.2, 0.25) is 5.02 Å². The molecule has 1 aliphatic carbocycles. The van der Waals surface area contributed by atoms with E-state index in [2.05, 4.69) is 10.6 Å². The standard InChI is InChI=1S/C19H24ClN3O3/c1-12-15(20)7-4-8-16(12)22-17(24)10-21-19(26)13-9-18(25)23(11-13)14-5-2-3-6-14/h4,7-8,13-14H,2-3,5-6,9-11H2,1H3,(H,21,26)(H,22,24)/t13-/m0/s1. The summed E-state index contributed by atoms with van der Waals surface area (Å²) in [7, 11) is 0. The number of hydrogen-bond acceptors (Lipinski definition) is 3.